The summed E-state index contributed by atoms with van der Waals surface area (Å²) >= 11 is 0. The highest BCUT2D eigenvalue weighted by Gasteiger charge is 2.42. The second-order valence-corrected chi connectivity index (χ2v) is 4.27. The number of ether oxygens (including phenoxy) is 1. The van der Waals surface area contributed by atoms with Gasteiger partial charge in [-0.1, -0.05) is 0 Å². The van der Waals surface area contributed by atoms with Gasteiger partial charge in [-0.2, -0.15) is 0 Å². The van der Waals surface area contributed by atoms with Crippen LogP contribution in [0.3, 0.4) is 0 Å². The molecule has 0 aromatic heterocycles. The Morgan fingerprint density at radius 3 is 2.67 bits per heavy atom. The van der Waals surface area contributed by atoms with Crippen LogP contribution in [0.15, 0.2) is 18.2 Å². The fraction of sp³-hybridized carbons (Fsp3) is 0.500. The van der Waals surface area contributed by atoms with Crippen molar-refractivity contribution in [3.8, 4) is 5.75 Å². The molecule has 0 saturated heterocycles. The quantitative estimate of drug-likeness (QED) is 0.830. The van der Waals surface area contributed by atoms with Crippen LogP contribution in [-0.2, 0) is 5.60 Å². The molecule has 1 aliphatic carbocycles. The molecule has 2 nitrogen and oxygen atoms in total. The SMILES string of the molecule is COc1ccc(F)cc1[C@](C)(O)C1CC1. The summed E-state index contributed by atoms with van der Waals surface area (Å²) in [6, 6.07) is 4.25. The second-order valence-electron chi connectivity index (χ2n) is 4.27. The monoisotopic (exact) mass is 210 g/mol. The number of benzene rings is 1. The smallest absolute Gasteiger partial charge is 0.125 e. The molecule has 0 aliphatic heterocycles. The van der Waals surface area contributed by atoms with E-state index in [2.05, 4.69) is 0 Å². The lowest BCUT2D eigenvalue weighted by Crippen LogP contribution is -2.24. The second kappa shape index (κ2) is 3.49. The summed E-state index contributed by atoms with van der Waals surface area (Å²) in [5.41, 5.74) is -0.430. The van der Waals surface area contributed by atoms with E-state index in [-0.39, 0.29) is 11.7 Å². The minimum atomic E-state index is -0.979. The number of hydrogen-bond donors (Lipinski definition) is 1. The van der Waals surface area contributed by atoms with E-state index in [0.717, 1.165) is 12.8 Å². The molecule has 0 bridgehead atoms. The maximum Gasteiger partial charge on any atom is 0.125 e. The Kier molecular flexibility index (Phi) is 2.43. The number of halogens is 1. The first-order chi connectivity index (χ1) is 7.05. The van der Waals surface area contributed by atoms with Crippen molar-refractivity contribution >= 4 is 0 Å². The zero-order chi connectivity index (χ0) is 11.1. The lowest BCUT2D eigenvalue weighted by molar-refractivity contribution is 0.0304. The predicted molar refractivity (Wildman–Crippen MR) is 55.2 cm³/mol. The Morgan fingerprint density at radius 1 is 1.47 bits per heavy atom. The van der Waals surface area contributed by atoms with E-state index in [1.54, 1.807) is 13.0 Å². The average molecular weight is 210 g/mol. The van der Waals surface area contributed by atoms with Gasteiger partial charge in [0.25, 0.3) is 0 Å². The molecule has 1 aromatic rings. The third-order valence-corrected chi connectivity index (χ3v) is 3.08. The van der Waals surface area contributed by atoms with E-state index in [4.69, 9.17) is 4.74 Å². The van der Waals surface area contributed by atoms with Crippen molar-refractivity contribution in [3.63, 3.8) is 0 Å². The average Bonchev–Trinajstić information content (AvgIpc) is 3.01. The fourth-order valence-corrected chi connectivity index (χ4v) is 1.94. The molecule has 1 N–H and O–H groups in total. The Hall–Kier alpha value is -1.09. The van der Waals surface area contributed by atoms with Gasteiger partial charge in [-0.15, -0.1) is 0 Å². The van der Waals surface area contributed by atoms with Gasteiger partial charge in [0.15, 0.2) is 0 Å². The van der Waals surface area contributed by atoms with Crippen LogP contribution < -0.4 is 4.74 Å². The van der Waals surface area contributed by atoms with Crippen LogP contribution in [0.2, 0.25) is 0 Å². The number of rotatable bonds is 3. The van der Waals surface area contributed by atoms with Gasteiger partial charge in [-0.25, -0.2) is 4.39 Å². The third kappa shape index (κ3) is 1.84. The highest BCUT2D eigenvalue weighted by molar-refractivity contribution is 5.39. The van der Waals surface area contributed by atoms with E-state index in [1.807, 2.05) is 0 Å². The first-order valence-electron chi connectivity index (χ1n) is 5.12. The molecule has 0 spiro atoms. The van der Waals surface area contributed by atoms with Crippen LogP contribution in [0.5, 0.6) is 5.75 Å². The molecule has 15 heavy (non-hydrogen) atoms. The summed E-state index contributed by atoms with van der Waals surface area (Å²) in [7, 11) is 1.53. The predicted octanol–water partition coefficient (Wildman–Crippen LogP) is 2.45. The molecule has 0 amide bonds. The lowest BCUT2D eigenvalue weighted by atomic mass is 9.90. The first-order valence-corrected chi connectivity index (χ1v) is 5.12. The molecule has 82 valence electrons. The number of hydrogen-bond acceptors (Lipinski definition) is 2. The zero-order valence-electron chi connectivity index (χ0n) is 8.96. The van der Waals surface area contributed by atoms with Gasteiger partial charge in [-0.3, -0.25) is 0 Å². The number of methoxy groups -OCH3 is 1. The van der Waals surface area contributed by atoms with Gasteiger partial charge in [-0.05, 0) is 43.9 Å². The highest BCUT2D eigenvalue weighted by Crippen LogP contribution is 2.47. The van der Waals surface area contributed by atoms with Crippen LogP contribution in [0.1, 0.15) is 25.3 Å². The minimum Gasteiger partial charge on any atom is -0.496 e. The Morgan fingerprint density at radius 2 is 2.13 bits per heavy atom. The van der Waals surface area contributed by atoms with Crippen molar-refractivity contribution in [1.29, 1.82) is 0 Å². The van der Waals surface area contributed by atoms with Crippen LogP contribution in [0.25, 0.3) is 0 Å². The van der Waals surface area contributed by atoms with Gasteiger partial charge in [0.05, 0.1) is 12.7 Å². The molecule has 1 saturated carbocycles. The summed E-state index contributed by atoms with van der Waals surface area (Å²) in [6.45, 7) is 1.72. The van der Waals surface area contributed by atoms with Crippen molar-refractivity contribution < 1.29 is 14.2 Å². The van der Waals surface area contributed by atoms with Crippen molar-refractivity contribution in [2.45, 2.75) is 25.4 Å². The van der Waals surface area contributed by atoms with Crippen LogP contribution in [0, 0.1) is 11.7 Å². The third-order valence-electron chi connectivity index (χ3n) is 3.08. The molecule has 1 fully saturated rings. The standard InChI is InChI=1S/C12H15FO2/c1-12(14,8-3-4-8)10-7-9(13)5-6-11(10)15-2/h5-8,14H,3-4H2,1-2H3/t12-/m1/s1. The Labute approximate surface area is 88.7 Å². The molecule has 0 heterocycles. The summed E-state index contributed by atoms with van der Waals surface area (Å²) < 4.78 is 18.3. The lowest BCUT2D eigenvalue weighted by Gasteiger charge is -2.25. The van der Waals surface area contributed by atoms with E-state index in [0.29, 0.717) is 11.3 Å². The summed E-state index contributed by atoms with van der Waals surface area (Å²) in [6.07, 6.45) is 1.99. The van der Waals surface area contributed by atoms with Crippen molar-refractivity contribution in [2.24, 2.45) is 5.92 Å². The molecule has 0 unspecified atom stereocenters. The molecular weight excluding hydrogens is 195 g/mol. The molecular formula is C12H15FO2. The van der Waals surface area contributed by atoms with E-state index < -0.39 is 5.60 Å². The van der Waals surface area contributed by atoms with Crippen molar-refractivity contribution in [3.05, 3.63) is 29.6 Å². The fourth-order valence-electron chi connectivity index (χ4n) is 1.94. The van der Waals surface area contributed by atoms with Crippen LogP contribution in [0.4, 0.5) is 4.39 Å². The van der Waals surface area contributed by atoms with E-state index in [1.165, 1.54) is 19.2 Å². The van der Waals surface area contributed by atoms with Crippen LogP contribution >= 0.6 is 0 Å². The zero-order valence-corrected chi connectivity index (χ0v) is 8.96. The van der Waals surface area contributed by atoms with E-state index in [9.17, 15) is 9.50 Å². The van der Waals surface area contributed by atoms with Crippen molar-refractivity contribution in [2.75, 3.05) is 7.11 Å². The van der Waals surface area contributed by atoms with Gasteiger partial charge < -0.3 is 9.84 Å². The number of aliphatic hydroxyl groups is 1. The highest BCUT2D eigenvalue weighted by atomic mass is 19.1. The van der Waals surface area contributed by atoms with Gasteiger partial charge in [0.2, 0.25) is 0 Å². The van der Waals surface area contributed by atoms with E-state index >= 15 is 0 Å². The summed E-state index contributed by atoms with van der Waals surface area (Å²) in [5, 5.41) is 10.3. The largest absolute Gasteiger partial charge is 0.496 e. The Balaban J connectivity index is 2.44. The topological polar surface area (TPSA) is 29.5 Å². The van der Waals surface area contributed by atoms with Gasteiger partial charge in [0.1, 0.15) is 11.6 Å². The normalized spacial score (nSPS) is 19.7. The summed E-state index contributed by atoms with van der Waals surface area (Å²) in [5.74, 6) is 0.438. The minimum absolute atomic E-state index is 0.230. The Bertz CT molecular complexity index is 370. The molecule has 1 atom stereocenters. The molecule has 1 aromatic carbocycles. The summed E-state index contributed by atoms with van der Waals surface area (Å²) in [4.78, 5) is 0. The van der Waals surface area contributed by atoms with Crippen LogP contribution in [-0.4, -0.2) is 12.2 Å². The van der Waals surface area contributed by atoms with Gasteiger partial charge >= 0.3 is 0 Å². The maximum absolute atomic E-state index is 13.1. The maximum atomic E-state index is 13.1. The molecule has 1 aliphatic rings. The van der Waals surface area contributed by atoms with Crippen molar-refractivity contribution in [1.82, 2.24) is 0 Å². The first kappa shape index (κ1) is 10.4. The molecule has 3 heteroatoms. The molecule has 2 rings (SSSR count). The molecule has 0 radical (unpaired) electrons. The van der Waals surface area contributed by atoms with Gasteiger partial charge in [0, 0.05) is 5.56 Å².